The van der Waals surface area contributed by atoms with Crippen molar-refractivity contribution >= 4 is 22.7 Å². The van der Waals surface area contributed by atoms with E-state index in [2.05, 4.69) is 0 Å². The molecule has 1 aromatic heterocycles. The lowest BCUT2D eigenvalue weighted by Gasteiger charge is -2.37. The molecule has 1 amide bonds. The molecular formula is C14H14NO4-. The topological polar surface area (TPSA) is 73.6 Å². The number of benzene rings is 1. The van der Waals surface area contributed by atoms with Gasteiger partial charge in [-0.3, -0.25) is 0 Å². The maximum atomic E-state index is 11.3. The average molecular weight is 260 g/mol. The van der Waals surface area contributed by atoms with Gasteiger partial charge in [-0.05, 0) is 45.0 Å². The van der Waals surface area contributed by atoms with Gasteiger partial charge in [-0.2, -0.15) is 0 Å². The zero-order valence-electron chi connectivity index (χ0n) is 11.0. The maximum Gasteiger partial charge on any atom is 0.336 e. The monoisotopic (exact) mass is 260 g/mol. The Hall–Kier alpha value is -2.30. The molecule has 100 valence electrons. The molecule has 0 bridgehead atoms. The number of amides is 1. The molecule has 0 atom stereocenters. The summed E-state index contributed by atoms with van der Waals surface area (Å²) in [4.78, 5) is 23.5. The molecule has 0 fully saturated rings. The second-order valence-corrected chi connectivity index (χ2v) is 5.25. The van der Waals surface area contributed by atoms with Gasteiger partial charge in [0.1, 0.15) is 11.7 Å². The van der Waals surface area contributed by atoms with Crippen LogP contribution in [0.4, 0.5) is 10.5 Å². The van der Waals surface area contributed by atoms with Gasteiger partial charge in [0.05, 0.1) is 0 Å². The average Bonchev–Trinajstić information content (AvgIpc) is 2.27. The summed E-state index contributed by atoms with van der Waals surface area (Å²) in [7, 11) is 0. The van der Waals surface area contributed by atoms with Crippen molar-refractivity contribution in [1.29, 1.82) is 0 Å². The highest BCUT2D eigenvalue weighted by molar-refractivity contribution is 5.90. The van der Waals surface area contributed by atoms with Gasteiger partial charge in [-0.15, -0.1) is 0 Å². The van der Waals surface area contributed by atoms with Crippen LogP contribution in [0, 0.1) is 0 Å². The standard InChI is InChI=1S/C14H15NO4/c1-14(2,3)15(13(17)18)10-5-6-11-9(8-10)4-7-12(16)19-11/h4-8H,1-3H3,(H,17,18)/p-1. The molecule has 0 saturated heterocycles. The van der Waals surface area contributed by atoms with Crippen LogP contribution in [0.25, 0.3) is 11.0 Å². The van der Waals surface area contributed by atoms with Crippen LogP contribution < -0.4 is 15.6 Å². The molecule has 0 N–H and O–H groups in total. The van der Waals surface area contributed by atoms with Crippen molar-refractivity contribution in [3.8, 4) is 0 Å². The molecular weight excluding hydrogens is 246 g/mol. The Morgan fingerprint density at radius 2 is 1.89 bits per heavy atom. The van der Waals surface area contributed by atoms with Crippen molar-refractivity contribution in [1.82, 2.24) is 0 Å². The first-order valence-electron chi connectivity index (χ1n) is 5.84. The molecule has 0 spiro atoms. The van der Waals surface area contributed by atoms with E-state index in [1.54, 1.807) is 45.0 Å². The van der Waals surface area contributed by atoms with Gasteiger partial charge < -0.3 is 19.2 Å². The fraction of sp³-hybridized carbons (Fsp3) is 0.286. The Balaban J connectivity index is 2.59. The Bertz CT molecular complexity index is 682. The third kappa shape index (κ3) is 2.59. The van der Waals surface area contributed by atoms with E-state index in [1.165, 1.54) is 6.07 Å². The van der Waals surface area contributed by atoms with Gasteiger partial charge in [0.2, 0.25) is 0 Å². The van der Waals surface area contributed by atoms with Crippen LogP contribution in [0.5, 0.6) is 0 Å². The molecule has 0 unspecified atom stereocenters. The summed E-state index contributed by atoms with van der Waals surface area (Å²) in [6, 6.07) is 7.72. The van der Waals surface area contributed by atoms with Crippen molar-refractivity contribution in [3.63, 3.8) is 0 Å². The zero-order chi connectivity index (χ0) is 14.2. The van der Waals surface area contributed by atoms with Crippen LogP contribution in [0.2, 0.25) is 0 Å². The Labute approximate surface area is 110 Å². The molecule has 5 nitrogen and oxygen atoms in total. The van der Waals surface area contributed by atoms with E-state index in [0.29, 0.717) is 16.7 Å². The van der Waals surface area contributed by atoms with E-state index in [0.717, 1.165) is 4.90 Å². The van der Waals surface area contributed by atoms with Gasteiger partial charge in [0.15, 0.2) is 0 Å². The number of anilines is 1. The molecule has 1 heterocycles. The van der Waals surface area contributed by atoms with Crippen molar-refractivity contribution < 1.29 is 14.3 Å². The summed E-state index contributed by atoms with van der Waals surface area (Å²) in [5.41, 5.74) is -0.160. The second-order valence-electron chi connectivity index (χ2n) is 5.25. The molecule has 19 heavy (non-hydrogen) atoms. The quantitative estimate of drug-likeness (QED) is 0.732. The van der Waals surface area contributed by atoms with E-state index in [1.807, 2.05) is 0 Å². The van der Waals surface area contributed by atoms with E-state index >= 15 is 0 Å². The third-order valence-electron chi connectivity index (χ3n) is 2.71. The van der Waals surface area contributed by atoms with Crippen LogP contribution in [0.1, 0.15) is 20.8 Å². The lowest BCUT2D eigenvalue weighted by Crippen LogP contribution is -2.52. The molecule has 2 aromatic rings. The fourth-order valence-electron chi connectivity index (χ4n) is 1.96. The predicted octanol–water partition coefficient (Wildman–Crippen LogP) is 1.74. The van der Waals surface area contributed by atoms with Gasteiger partial charge in [0.25, 0.3) is 0 Å². The SMILES string of the molecule is CC(C)(C)N(C(=O)[O-])c1ccc2oc(=O)ccc2c1. The highest BCUT2D eigenvalue weighted by Gasteiger charge is 2.23. The number of carboxylic acid groups (broad SMARTS) is 1. The fourth-order valence-corrected chi connectivity index (χ4v) is 1.96. The van der Waals surface area contributed by atoms with Crippen LogP contribution in [0.15, 0.2) is 39.5 Å². The summed E-state index contributed by atoms with van der Waals surface area (Å²) in [6.45, 7) is 5.33. The van der Waals surface area contributed by atoms with Crippen molar-refractivity contribution in [3.05, 3.63) is 40.8 Å². The highest BCUT2D eigenvalue weighted by Crippen LogP contribution is 2.26. The van der Waals surface area contributed by atoms with Gasteiger partial charge in [-0.1, -0.05) is 0 Å². The van der Waals surface area contributed by atoms with Gasteiger partial charge >= 0.3 is 5.63 Å². The molecule has 1 aromatic carbocycles. The number of fused-ring (bicyclic) bond motifs is 1. The minimum Gasteiger partial charge on any atom is -0.530 e. The van der Waals surface area contributed by atoms with Gasteiger partial charge in [-0.25, -0.2) is 4.79 Å². The smallest absolute Gasteiger partial charge is 0.336 e. The highest BCUT2D eigenvalue weighted by atomic mass is 16.4. The second kappa shape index (κ2) is 4.42. The first kappa shape index (κ1) is 13.1. The number of hydrogen-bond acceptors (Lipinski definition) is 4. The Morgan fingerprint density at radius 1 is 1.21 bits per heavy atom. The molecule has 0 saturated carbocycles. The minimum atomic E-state index is -1.27. The number of nitrogens with zero attached hydrogens (tertiary/aromatic N) is 1. The predicted molar refractivity (Wildman–Crippen MR) is 70.1 cm³/mol. The zero-order valence-corrected chi connectivity index (χ0v) is 11.0. The minimum absolute atomic E-state index is 0.420. The molecule has 0 radical (unpaired) electrons. The summed E-state index contributed by atoms with van der Waals surface area (Å²) in [5.74, 6) is 0. The van der Waals surface area contributed by atoms with Crippen LogP contribution >= 0.6 is 0 Å². The van der Waals surface area contributed by atoms with Crippen LogP contribution in [-0.4, -0.2) is 11.6 Å². The summed E-state index contributed by atoms with van der Waals surface area (Å²) >= 11 is 0. The van der Waals surface area contributed by atoms with Crippen molar-refractivity contribution in [2.45, 2.75) is 26.3 Å². The number of hydrogen-bond donors (Lipinski definition) is 0. The van der Waals surface area contributed by atoms with Gasteiger partial charge in [0, 0.05) is 22.7 Å². The molecule has 5 heteroatoms. The van der Waals surface area contributed by atoms with Crippen LogP contribution in [-0.2, 0) is 0 Å². The summed E-state index contributed by atoms with van der Waals surface area (Å²) in [6.07, 6.45) is -1.27. The van der Waals surface area contributed by atoms with E-state index in [4.69, 9.17) is 4.42 Å². The Kier molecular flexibility index (Phi) is 3.06. The van der Waals surface area contributed by atoms with Crippen molar-refractivity contribution in [2.24, 2.45) is 0 Å². The molecule has 0 aliphatic heterocycles. The molecule has 0 aliphatic rings. The lowest BCUT2D eigenvalue weighted by atomic mass is 10.0. The molecule has 2 rings (SSSR count). The first-order valence-corrected chi connectivity index (χ1v) is 5.84. The van der Waals surface area contributed by atoms with Crippen molar-refractivity contribution in [2.75, 3.05) is 4.90 Å². The van der Waals surface area contributed by atoms with E-state index in [9.17, 15) is 14.7 Å². The third-order valence-corrected chi connectivity index (χ3v) is 2.71. The Morgan fingerprint density at radius 3 is 2.47 bits per heavy atom. The number of carbonyl (C=O) groups is 1. The van der Waals surface area contributed by atoms with E-state index < -0.39 is 17.3 Å². The summed E-state index contributed by atoms with van der Waals surface area (Å²) < 4.78 is 5.01. The van der Waals surface area contributed by atoms with Crippen LogP contribution in [0.3, 0.4) is 0 Å². The normalized spacial score (nSPS) is 11.5. The number of rotatable bonds is 1. The lowest BCUT2D eigenvalue weighted by molar-refractivity contribution is -0.247. The maximum absolute atomic E-state index is 11.3. The molecule has 0 aliphatic carbocycles. The van der Waals surface area contributed by atoms with E-state index in [-0.39, 0.29) is 0 Å². The first-order chi connectivity index (χ1) is 8.79. The summed E-state index contributed by atoms with van der Waals surface area (Å²) in [5, 5.41) is 11.9. The largest absolute Gasteiger partial charge is 0.530 e. The number of carbonyl (C=O) groups excluding carboxylic acids is 1.